The van der Waals surface area contributed by atoms with E-state index in [4.69, 9.17) is 0 Å². The normalized spacial score (nSPS) is 11.6. The van der Waals surface area contributed by atoms with E-state index in [1.807, 2.05) is 20.8 Å². The van der Waals surface area contributed by atoms with Crippen molar-refractivity contribution in [2.45, 2.75) is 40.0 Å². The summed E-state index contributed by atoms with van der Waals surface area (Å²) in [5, 5.41) is 0. The van der Waals surface area contributed by atoms with Crippen LogP contribution in [-0.4, -0.2) is 5.97 Å². The van der Waals surface area contributed by atoms with Gasteiger partial charge in [0.15, 0.2) is 0 Å². The molecule has 0 unspecified atom stereocenters. The highest BCUT2D eigenvalue weighted by molar-refractivity contribution is 7.18. The summed E-state index contributed by atoms with van der Waals surface area (Å²) < 4.78 is 14.5. The summed E-state index contributed by atoms with van der Waals surface area (Å²) in [4.78, 5) is 11.3. The second kappa shape index (κ2) is 5.26. The van der Waals surface area contributed by atoms with Gasteiger partial charge in [-0.3, -0.25) is 4.79 Å². The summed E-state index contributed by atoms with van der Waals surface area (Å²) in [6.45, 7) is 5.82. The first kappa shape index (κ1) is 11.6. The molecule has 0 aromatic rings. The summed E-state index contributed by atoms with van der Waals surface area (Å²) >= 11 is 0. The van der Waals surface area contributed by atoms with Crippen LogP contribution in [0.25, 0.3) is 0 Å². The lowest BCUT2D eigenvalue weighted by atomic mass is 9.80. The lowest BCUT2D eigenvalue weighted by Crippen LogP contribution is -2.29. The molecule has 0 heterocycles. The fraction of sp³-hybridized carbons (Fsp3) is 0.875. The number of hydrogen-bond acceptors (Lipinski definition) is 3. The van der Waals surface area contributed by atoms with Crippen molar-refractivity contribution in [3.8, 4) is 0 Å². The number of carbonyl (C=O) groups is 1. The molecule has 0 aliphatic heterocycles. The first-order chi connectivity index (χ1) is 5.66. The lowest BCUT2D eigenvalue weighted by Gasteiger charge is -2.25. The third kappa shape index (κ3) is 2.28. The van der Waals surface area contributed by atoms with Crippen LogP contribution < -0.4 is 0 Å². The Morgan fingerprint density at radius 2 is 1.67 bits per heavy atom. The van der Waals surface area contributed by atoms with Crippen LogP contribution in [0.1, 0.15) is 40.0 Å². The molecule has 0 N–H and O–H groups in total. The molecule has 0 saturated heterocycles. The maximum absolute atomic E-state index is 11.3. The Kier molecular flexibility index (Phi) is 5.07. The molecule has 3 nitrogen and oxygen atoms in total. The van der Waals surface area contributed by atoms with Crippen molar-refractivity contribution in [2.75, 3.05) is 0 Å². The standard InChI is InChI=1S/C8H15O3P/c1-4-8(5-2,6-3)7(9)11-12-10/h4-6H2,1-3H3. The van der Waals surface area contributed by atoms with Crippen molar-refractivity contribution >= 4 is 14.7 Å². The van der Waals surface area contributed by atoms with Crippen LogP contribution in [0.3, 0.4) is 0 Å². The molecule has 0 bridgehead atoms. The van der Waals surface area contributed by atoms with Crippen molar-refractivity contribution in [3.05, 3.63) is 0 Å². The van der Waals surface area contributed by atoms with Gasteiger partial charge in [0.2, 0.25) is 0 Å². The zero-order valence-electron chi connectivity index (χ0n) is 7.79. The summed E-state index contributed by atoms with van der Waals surface area (Å²) in [5.41, 5.74) is -0.433. The second-order valence-corrected chi connectivity index (χ2v) is 3.13. The van der Waals surface area contributed by atoms with Crippen LogP contribution in [0.5, 0.6) is 0 Å². The zero-order valence-corrected chi connectivity index (χ0v) is 8.69. The summed E-state index contributed by atoms with van der Waals surface area (Å²) in [6.07, 6.45) is 2.19. The molecule has 0 radical (unpaired) electrons. The topological polar surface area (TPSA) is 43.4 Å². The monoisotopic (exact) mass is 190 g/mol. The van der Waals surface area contributed by atoms with Crippen LogP contribution in [0, 0.1) is 5.41 Å². The van der Waals surface area contributed by atoms with Crippen molar-refractivity contribution in [1.82, 2.24) is 0 Å². The Morgan fingerprint density at radius 1 is 1.25 bits per heavy atom. The van der Waals surface area contributed by atoms with Crippen LogP contribution in [0.2, 0.25) is 0 Å². The SMILES string of the molecule is CCC(CC)(CC)C(=O)OP=O. The first-order valence-corrected chi connectivity index (χ1v) is 4.94. The molecular weight excluding hydrogens is 175 g/mol. The van der Waals surface area contributed by atoms with Gasteiger partial charge in [-0.2, -0.15) is 0 Å². The molecule has 0 amide bonds. The summed E-state index contributed by atoms with van der Waals surface area (Å²) in [6, 6.07) is 0. The van der Waals surface area contributed by atoms with Gasteiger partial charge < -0.3 is 4.52 Å². The van der Waals surface area contributed by atoms with Gasteiger partial charge in [-0.1, -0.05) is 20.8 Å². The predicted octanol–water partition coefficient (Wildman–Crippen LogP) is 2.95. The average Bonchev–Trinajstić information content (AvgIpc) is 2.09. The van der Waals surface area contributed by atoms with Crippen LogP contribution >= 0.6 is 8.69 Å². The van der Waals surface area contributed by atoms with Gasteiger partial charge in [0.05, 0.1) is 5.41 Å². The van der Waals surface area contributed by atoms with Crippen LogP contribution in [-0.2, 0) is 13.9 Å². The Morgan fingerprint density at radius 3 is 1.92 bits per heavy atom. The minimum atomic E-state index is -0.548. The first-order valence-electron chi connectivity index (χ1n) is 4.21. The van der Waals surface area contributed by atoms with E-state index >= 15 is 0 Å². The summed E-state index contributed by atoms with van der Waals surface area (Å²) in [5.74, 6) is -0.355. The molecule has 0 atom stereocenters. The molecule has 0 aliphatic carbocycles. The van der Waals surface area contributed by atoms with E-state index in [0.717, 1.165) is 19.3 Å². The third-order valence-corrected chi connectivity index (χ3v) is 2.82. The van der Waals surface area contributed by atoms with Crippen LogP contribution in [0.4, 0.5) is 0 Å². The second-order valence-electron chi connectivity index (χ2n) is 2.79. The van der Waals surface area contributed by atoms with Crippen molar-refractivity contribution in [3.63, 3.8) is 0 Å². The zero-order chi connectivity index (χ0) is 9.61. The summed E-state index contributed by atoms with van der Waals surface area (Å²) in [7, 11) is -0.548. The third-order valence-electron chi connectivity index (χ3n) is 2.58. The van der Waals surface area contributed by atoms with Crippen molar-refractivity contribution in [2.24, 2.45) is 5.41 Å². The van der Waals surface area contributed by atoms with E-state index in [9.17, 15) is 9.36 Å². The number of carbonyl (C=O) groups excluding carboxylic acids is 1. The van der Waals surface area contributed by atoms with E-state index in [-0.39, 0.29) is 5.97 Å². The van der Waals surface area contributed by atoms with Crippen LogP contribution in [0.15, 0.2) is 0 Å². The van der Waals surface area contributed by atoms with Gasteiger partial charge in [0, 0.05) is 0 Å². The molecule has 0 spiro atoms. The minimum Gasteiger partial charge on any atom is -0.372 e. The minimum absolute atomic E-state index is 0.355. The predicted molar refractivity (Wildman–Crippen MR) is 47.0 cm³/mol. The van der Waals surface area contributed by atoms with Gasteiger partial charge in [0.25, 0.3) is 0 Å². The van der Waals surface area contributed by atoms with E-state index in [1.54, 1.807) is 0 Å². The van der Waals surface area contributed by atoms with Crippen molar-refractivity contribution in [1.29, 1.82) is 0 Å². The molecule has 0 aromatic carbocycles. The Labute approximate surface area is 74.8 Å². The largest absolute Gasteiger partial charge is 0.398 e. The van der Waals surface area contributed by atoms with Gasteiger partial charge in [-0.15, -0.1) is 0 Å². The molecule has 0 rings (SSSR count). The quantitative estimate of drug-likeness (QED) is 0.626. The molecular formula is C8H15O3P. The fourth-order valence-electron chi connectivity index (χ4n) is 1.31. The van der Waals surface area contributed by atoms with E-state index in [1.165, 1.54) is 0 Å². The van der Waals surface area contributed by atoms with E-state index < -0.39 is 14.1 Å². The molecule has 0 aliphatic rings. The molecule has 70 valence electrons. The number of rotatable bonds is 5. The highest BCUT2D eigenvalue weighted by Crippen LogP contribution is 2.32. The van der Waals surface area contributed by atoms with E-state index in [0.29, 0.717) is 0 Å². The molecule has 0 fully saturated rings. The maximum atomic E-state index is 11.3. The smallest absolute Gasteiger partial charge is 0.372 e. The average molecular weight is 190 g/mol. The van der Waals surface area contributed by atoms with Crippen molar-refractivity contribution < 1.29 is 13.9 Å². The number of hydrogen-bond donors (Lipinski definition) is 0. The van der Waals surface area contributed by atoms with Gasteiger partial charge in [-0.25, -0.2) is 4.57 Å². The Balaban J connectivity index is 4.46. The molecule has 0 aromatic heterocycles. The maximum Gasteiger partial charge on any atom is 0.398 e. The van der Waals surface area contributed by atoms with Gasteiger partial charge >= 0.3 is 14.7 Å². The molecule has 12 heavy (non-hydrogen) atoms. The highest BCUT2D eigenvalue weighted by atomic mass is 31.1. The Bertz CT molecular complexity index is 155. The van der Waals surface area contributed by atoms with Gasteiger partial charge in [0.1, 0.15) is 0 Å². The van der Waals surface area contributed by atoms with Gasteiger partial charge in [-0.05, 0) is 19.3 Å². The highest BCUT2D eigenvalue weighted by Gasteiger charge is 2.34. The van der Waals surface area contributed by atoms with E-state index in [2.05, 4.69) is 4.52 Å². The molecule has 0 saturated carbocycles. The molecule has 4 heteroatoms. The Hall–Kier alpha value is -0.430. The fourth-order valence-corrected chi connectivity index (χ4v) is 1.58. The lowest BCUT2D eigenvalue weighted by molar-refractivity contribution is -0.145.